The Bertz CT molecular complexity index is 2290. The Labute approximate surface area is 438 Å². The maximum atomic E-state index is 13.6. The second kappa shape index (κ2) is 22.5. The van der Waals surface area contributed by atoms with Crippen LogP contribution in [0.3, 0.4) is 0 Å². The monoisotopic (exact) mass is 1410 g/mol. The van der Waals surface area contributed by atoms with Crippen LogP contribution in [0.15, 0.2) is 97.1 Å². The Morgan fingerprint density at radius 2 is 0.531 bits per heavy atom. The summed E-state index contributed by atoms with van der Waals surface area (Å²) in [7, 11) is 0. The Balaban J connectivity index is 0.000000582. The minimum atomic E-state index is -13.8. The van der Waals surface area contributed by atoms with Gasteiger partial charge in [-0.15, -0.1) is 0 Å². The molecule has 1 radical (unpaired) electrons. The summed E-state index contributed by atoms with van der Waals surface area (Å²) in [4.78, 5) is 0. The van der Waals surface area contributed by atoms with Crippen LogP contribution in [0.25, 0.3) is 10.8 Å². The fraction of sp³-hybridized carbons (Fsp3) is 0.421. The van der Waals surface area contributed by atoms with Crippen molar-refractivity contribution in [3.05, 3.63) is 97.1 Å². The molecule has 4 nitrogen and oxygen atoms in total. The minimum absolute atomic E-state index is 0.337. The number of fused-ring (bicyclic) bond motifs is 1. The molecule has 0 saturated carbocycles. The van der Waals surface area contributed by atoms with Gasteiger partial charge >= 0.3 is 267 Å². The topological polar surface area (TPSA) is 36.9 Å². The molecule has 0 spiro atoms. The molecule has 0 amide bonds. The summed E-state index contributed by atoms with van der Waals surface area (Å²) in [6.07, 6.45) is -116. The van der Waals surface area contributed by atoms with Crippen molar-refractivity contribution < 1.29 is 173 Å². The Kier molecular flexibility index (Phi) is 19.8. The van der Waals surface area contributed by atoms with Gasteiger partial charge in [0.05, 0.1) is 0 Å². The Morgan fingerprint density at radius 3 is 0.790 bits per heavy atom. The summed E-state index contributed by atoms with van der Waals surface area (Å²) in [6, 6.07) is 35.2. The van der Waals surface area contributed by atoms with Gasteiger partial charge in [0, 0.05) is 0 Å². The van der Waals surface area contributed by atoms with Crippen molar-refractivity contribution in [3.8, 4) is 0 Å². The van der Waals surface area contributed by atoms with Gasteiger partial charge in [0.1, 0.15) is 0 Å². The molecule has 43 heteroatoms. The third-order valence-electron chi connectivity index (χ3n) is 9.85. The van der Waals surface area contributed by atoms with E-state index in [-0.39, 0.29) is 0 Å². The molecular weight excluding hydrogens is 1390 g/mol. The van der Waals surface area contributed by atoms with E-state index in [4.69, 9.17) is 0 Å². The van der Waals surface area contributed by atoms with Crippen LogP contribution in [-0.2, 0) is 15.2 Å². The average Bonchev–Trinajstić information content (AvgIpc) is 3.21. The van der Waals surface area contributed by atoms with Crippen molar-refractivity contribution in [1.82, 2.24) is 0 Å². The van der Waals surface area contributed by atoms with Crippen molar-refractivity contribution in [1.29, 1.82) is 0 Å². The molecule has 0 aliphatic heterocycles. The second-order valence-electron chi connectivity index (χ2n) is 15.2. The summed E-state index contributed by atoms with van der Waals surface area (Å²) >= 11 is -13.1. The van der Waals surface area contributed by atoms with E-state index in [2.05, 4.69) is 97.1 Å². The molecule has 0 bridgehead atoms. The zero-order chi connectivity index (χ0) is 63.5. The summed E-state index contributed by atoms with van der Waals surface area (Å²) in [5.74, 6) is 0. The Hall–Kier alpha value is -3.97. The first kappa shape index (κ1) is 71.3. The molecule has 0 atom stereocenters. The van der Waals surface area contributed by atoms with Crippen molar-refractivity contribution >= 4 is 72.9 Å². The fourth-order valence-corrected chi connectivity index (χ4v) is 14.7. The molecule has 0 heterocycles. The van der Waals surface area contributed by atoms with E-state index in [9.17, 15) is 158 Å². The van der Waals surface area contributed by atoms with Crippen molar-refractivity contribution in [2.24, 2.45) is 0 Å². The van der Waals surface area contributed by atoms with Crippen LogP contribution >= 0.6 is 0 Å². The van der Waals surface area contributed by atoms with Gasteiger partial charge in [0.25, 0.3) is 0 Å². The van der Waals surface area contributed by atoms with E-state index < -0.39 is 111 Å². The van der Waals surface area contributed by atoms with E-state index in [1.165, 1.54) is 28.6 Å². The van der Waals surface area contributed by atoms with Crippen molar-refractivity contribution in [3.63, 3.8) is 0 Å². The van der Waals surface area contributed by atoms with E-state index >= 15 is 0 Å². The maximum absolute atomic E-state index is 13.8. The normalized spacial score (nSPS) is 15.2. The number of hydrogen-bond donors (Lipinski definition) is 0. The number of rotatable bonds is 12. The molecule has 4 aromatic rings. The molecule has 4 rings (SSSR count). The zero-order valence-electron chi connectivity index (χ0n) is 36.9. The molecule has 0 aliphatic rings. The number of benzene rings is 4. The third kappa shape index (κ3) is 13.4. The standard InChI is InChI=1S/C22H16Se2.4C4F9O.Al/c1-3-11-18(12-4-1)23-20-15-7-9-17-10-8-16-21(22(17)20)24-19-13-5-2-6-14-19;4*5-2(6,7)1(14,3(8,9)10)4(11,12)13;/h1-16H;;;;;/q+1;4*-1;+3. The van der Waals surface area contributed by atoms with Gasteiger partial charge < -0.3 is 15.2 Å². The van der Waals surface area contributed by atoms with Crippen LogP contribution in [-0.4, -0.2) is 141 Å². The van der Waals surface area contributed by atoms with E-state index in [0.717, 1.165) is 15.2 Å². The predicted octanol–water partition coefficient (Wildman–Crippen LogP) is 13.3. The first-order valence-electron chi connectivity index (χ1n) is 19.4. The van der Waals surface area contributed by atoms with Gasteiger partial charge in [-0.25, -0.2) is 0 Å². The first-order chi connectivity index (χ1) is 35.7. The fourth-order valence-electron chi connectivity index (χ4n) is 6.42. The van der Waals surface area contributed by atoms with Crippen LogP contribution in [0.2, 0.25) is 0 Å². The molecule has 0 saturated heterocycles. The van der Waals surface area contributed by atoms with E-state index in [0.29, 0.717) is 29.9 Å². The zero-order valence-corrected chi connectivity index (χ0v) is 41.5. The SMILES string of the molecule is FC(F)(F)C([O][Al-]([O]C(C(F)(F)F)(C(F)(F)F)C(F)(F)F)([O]C(C(F)(F)F)(C(F)(F)F)C(F)(F)F)[O]C(C(F)(F)F)(C(F)(F)F)C(F)(F)F)(C(F)(F)F)C(F)(F)F.c1ccc([Se]c2cccc3cccc([Se+]c4ccccc4)c23)cc1. The summed E-state index contributed by atoms with van der Waals surface area (Å²) in [6.45, 7) is 0. The molecule has 4 aromatic carbocycles. The number of halogens is 36. The predicted molar refractivity (Wildman–Crippen MR) is 201 cm³/mol. The molecule has 0 aromatic heterocycles. The van der Waals surface area contributed by atoms with Crippen molar-refractivity contribution in [2.45, 2.75) is 96.5 Å². The summed E-state index contributed by atoms with van der Waals surface area (Å²) in [5.41, 5.74) is -40.5. The van der Waals surface area contributed by atoms with Crippen LogP contribution in [0.5, 0.6) is 0 Å². The van der Waals surface area contributed by atoms with Crippen LogP contribution in [0, 0.1) is 0 Å². The summed E-state index contributed by atoms with van der Waals surface area (Å²) in [5, 5.41) is 2.83. The second-order valence-corrected chi connectivity index (χ2v) is 22.0. The van der Waals surface area contributed by atoms with E-state index in [1.807, 2.05) is 0 Å². The molecular formula is C38H16AlF36O4Se2. The number of hydrogen-bond acceptors (Lipinski definition) is 4. The van der Waals surface area contributed by atoms with Gasteiger partial charge in [-0.05, 0) is 0 Å². The molecule has 0 aliphatic carbocycles. The molecule has 0 fully saturated rings. The van der Waals surface area contributed by atoms with Crippen LogP contribution in [0.1, 0.15) is 0 Å². The molecule has 81 heavy (non-hydrogen) atoms. The molecule has 0 unspecified atom stereocenters. The molecule has 0 N–H and O–H groups in total. The quantitative estimate of drug-likeness (QED) is 0.105. The van der Waals surface area contributed by atoms with Crippen LogP contribution < -0.4 is 17.8 Å². The van der Waals surface area contributed by atoms with Crippen molar-refractivity contribution in [2.75, 3.05) is 0 Å². The van der Waals surface area contributed by atoms with Crippen LogP contribution in [0.4, 0.5) is 158 Å². The van der Waals surface area contributed by atoms with E-state index in [1.54, 1.807) is 0 Å². The van der Waals surface area contributed by atoms with Gasteiger partial charge in [-0.3, -0.25) is 0 Å². The van der Waals surface area contributed by atoms with Gasteiger partial charge in [0.15, 0.2) is 0 Å². The average molecular weight is 1410 g/mol. The first-order valence-corrected chi connectivity index (χ1v) is 24.8. The number of alkyl halides is 36. The van der Waals surface area contributed by atoms with Gasteiger partial charge in [-0.2, -0.15) is 158 Å². The third-order valence-corrected chi connectivity index (χ3v) is 16.9. The van der Waals surface area contributed by atoms with Gasteiger partial charge in [0.2, 0.25) is 0 Å². The molecule has 459 valence electrons. The Morgan fingerprint density at radius 1 is 0.284 bits per heavy atom. The van der Waals surface area contributed by atoms with Gasteiger partial charge in [-0.1, -0.05) is 0 Å². The summed E-state index contributed by atoms with van der Waals surface area (Å²) < 4.78 is 499.